The Morgan fingerprint density at radius 2 is 1.81 bits per heavy atom. The second-order valence-electron chi connectivity index (χ2n) is 5.65. The quantitative estimate of drug-likeness (QED) is 0.754. The summed E-state index contributed by atoms with van der Waals surface area (Å²) in [4.78, 5) is 12.5. The Hall–Kier alpha value is -2.03. The van der Waals surface area contributed by atoms with Gasteiger partial charge in [0.05, 0.1) is 5.56 Å². The second kappa shape index (κ2) is 5.40. The number of benzene rings is 2. The van der Waals surface area contributed by atoms with Gasteiger partial charge in [0, 0.05) is 12.0 Å². The second-order valence-corrected chi connectivity index (χ2v) is 5.65. The van der Waals surface area contributed by atoms with Gasteiger partial charge >= 0.3 is 0 Å². The van der Waals surface area contributed by atoms with Crippen LogP contribution in [0.5, 0.6) is 0 Å². The third kappa shape index (κ3) is 2.60. The molecule has 0 aliphatic heterocycles. The van der Waals surface area contributed by atoms with Crippen molar-refractivity contribution in [2.45, 2.75) is 26.2 Å². The molecule has 1 unspecified atom stereocenters. The van der Waals surface area contributed by atoms with Gasteiger partial charge in [-0.05, 0) is 48.9 Å². The molecule has 0 aromatic heterocycles. The van der Waals surface area contributed by atoms with E-state index >= 15 is 0 Å². The molecule has 2 aromatic rings. The van der Waals surface area contributed by atoms with Crippen LogP contribution in [0.2, 0.25) is 0 Å². The summed E-state index contributed by atoms with van der Waals surface area (Å²) in [5.41, 5.74) is 2.73. The molecule has 3 rings (SSSR count). The number of carbonyl (C=O) groups excluding carboxylic acids is 1. The zero-order chi connectivity index (χ0) is 15.0. The third-order valence-corrected chi connectivity index (χ3v) is 4.23. The molecule has 108 valence electrons. The SMILES string of the molecule is Cc1cc(C(=O)C2CCc3ccccc3C2)c(F)cc1F. The highest BCUT2D eigenvalue weighted by atomic mass is 19.1. The summed E-state index contributed by atoms with van der Waals surface area (Å²) in [7, 11) is 0. The molecule has 21 heavy (non-hydrogen) atoms. The van der Waals surface area contributed by atoms with Crippen molar-refractivity contribution in [2.24, 2.45) is 5.92 Å². The number of carbonyl (C=O) groups is 1. The van der Waals surface area contributed by atoms with Crippen molar-refractivity contribution < 1.29 is 13.6 Å². The van der Waals surface area contributed by atoms with Gasteiger partial charge in [-0.2, -0.15) is 0 Å². The average molecular weight is 286 g/mol. The number of hydrogen-bond acceptors (Lipinski definition) is 1. The molecule has 3 heteroatoms. The maximum atomic E-state index is 13.9. The lowest BCUT2D eigenvalue weighted by Gasteiger charge is -2.23. The Kier molecular flexibility index (Phi) is 3.58. The van der Waals surface area contributed by atoms with Gasteiger partial charge in [-0.25, -0.2) is 8.78 Å². The molecule has 0 saturated heterocycles. The molecule has 0 heterocycles. The number of Topliss-reactive ketones (excluding diaryl/α,β-unsaturated/α-hetero) is 1. The first-order valence-corrected chi connectivity index (χ1v) is 7.13. The lowest BCUT2D eigenvalue weighted by Crippen LogP contribution is -2.23. The van der Waals surface area contributed by atoms with Gasteiger partial charge in [0.25, 0.3) is 0 Å². The average Bonchev–Trinajstić information content (AvgIpc) is 2.50. The fourth-order valence-corrected chi connectivity index (χ4v) is 2.99. The number of halogens is 2. The van der Waals surface area contributed by atoms with Crippen LogP contribution in [0.1, 0.15) is 33.5 Å². The molecule has 0 spiro atoms. The molecule has 0 saturated carbocycles. The molecule has 1 atom stereocenters. The Morgan fingerprint density at radius 3 is 2.57 bits per heavy atom. The van der Waals surface area contributed by atoms with Crippen LogP contribution in [-0.4, -0.2) is 5.78 Å². The third-order valence-electron chi connectivity index (χ3n) is 4.23. The summed E-state index contributed by atoms with van der Waals surface area (Å²) < 4.78 is 27.2. The maximum absolute atomic E-state index is 13.9. The van der Waals surface area contributed by atoms with E-state index in [0.717, 1.165) is 18.1 Å². The molecule has 0 fully saturated rings. The summed E-state index contributed by atoms with van der Waals surface area (Å²) in [6.07, 6.45) is 2.17. The van der Waals surface area contributed by atoms with E-state index in [-0.39, 0.29) is 17.3 Å². The maximum Gasteiger partial charge on any atom is 0.169 e. The van der Waals surface area contributed by atoms with E-state index in [0.29, 0.717) is 18.4 Å². The van der Waals surface area contributed by atoms with Crippen LogP contribution in [-0.2, 0) is 12.8 Å². The van der Waals surface area contributed by atoms with Crippen molar-refractivity contribution in [1.82, 2.24) is 0 Å². The summed E-state index contributed by atoms with van der Waals surface area (Å²) in [6.45, 7) is 1.54. The molecule has 0 radical (unpaired) electrons. The van der Waals surface area contributed by atoms with Crippen molar-refractivity contribution in [1.29, 1.82) is 0 Å². The van der Waals surface area contributed by atoms with Gasteiger partial charge in [-0.1, -0.05) is 24.3 Å². The van der Waals surface area contributed by atoms with Crippen LogP contribution in [0.25, 0.3) is 0 Å². The van der Waals surface area contributed by atoms with Gasteiger partial charge in [-0.3, -0.25) is 4.79 Å². The lowest BCUT2D eigenvalue weighted by molar-refractivity contribution is 0.0904. The minimum atomic E-state index is -0.762. The largest absolute Gasteiger partial charge is 0.294 e. The summed E-state index contributed by atoms with van der Waals surface area (Å²) in [6, 6.07) is 10.2. The van der Waals surface area contributed by atoms with Crippen LogP contribution >= 0.6 is 0 Å². The molecule has 1 aliphatic carbocycles. The van der Waals surface area contributed by atoms with Crippen LogP contribution in [0.4, 0.5) is 8.78 Å². The molecule has 1 nitrogen and oxygen atoms in total. The van der Waals surface area contributed by atoms with Crippen LogP contribution in [0, 0.1) is 24.5 Å². The Balaban J connectivity index is 1.89. The van der Waals surface area contributed by atoms with Gasteiger partial charge in [0.15, 0.2) is 5.78 Å². The summed E-state index contributed by atoms with van der Waals surface area (Å²) in [5, 5.41) is 0. The van der Waals surface area contributed by atoms with E-state index in [1.807, 2.05) is 18.2 Å². The van der Waals surface area contributed by atoms with Gasteiger partial charge in [-0.15, -0.1) is 0 Å². The first-order chi connectivity index (χ1) is 10.1. The first kappa shape index (κ1) is 13.9. The van der Waals surface area contributed by atoms with Crippen molar-refractivity contribution in [3.63, 3.8) is 0 Å². The number of fused-ring (bicyclic) bond motifs is 1. The molecular formula is C18H16F2O. The Bertz CT molecular complexity index is 706. The molecule has 0 bridgehead atoms. The standard InChI is InChI=1S/C18H16F2O/c1-11-8-15(17(20)10-16(11)19)18(21)14-7-6-12-4-2-3-5-13(12)9-14/h2-5,8,10,14H,6-7,9H2,1H3. The summed E-state index contributed by atoms with van der Waals surface area (Å²) in [5.74, 6) is -1.82. The molecule has 0 amide bonds. The number of rotatable bonds is 2. The fourth-order valence-electron chi connectivity index (χ4n) is 2.99. The van der Waals surface area contributed by atoms with Crippen molar-refractivity contribution in [2.75, 3.05) is 0 Å². The first-order valence-electron chi connectivity index (χ1n) is 7.13. The molecule has 2 aromatic carbocycles. The highest BCUT2D eigenvalue weighted by Gasteiger charge is 2.27. The van der Waals surface area contributed by atoms with Crippen molar-refractivity contribution >= 4 is 5.78 Å². The van der Waals surface area contributed by atoms with E-state index in [9.17, 15) is 13.6 Å². The van der Waals surface area contributed by atoms with E-state index in [2.05, 4.69) is 6.07 Å². The smallest absolute Gasteiger partial charge is 0.169 e. The van der Waals surface area contributed by atoms with Crippen molar-refractivity contribution in [3.8, 4) is 0 Å². The molecular weight excluding hydrogens is 270 g/mol. The van der Waals surface area contributed by atoms with Gasteiger partial charge in [0.1, 0.15) is 11.6 Å². The number of ketones is 1. The van der Waals surface area contributed by atoms with Crippen LogP contribution in [0.3, 0.4) is 0 Å². The monoisotopic (exact) mass is 286 g/mol. The highest BCUT2D eigenvalue weighted by Crippen LogP contribution is 2.29. The van der Waals surface area contributed by atoms with E-state index < -0.39 is 11.6 Å². The molecule has 1 aliphatic rings. The minimum absolute atomic E-state index is 0.0123. The topological polar surface area (TPSA) is 17.1 Å². The predicted molar refractivity (Wildman–Crippen MR) is 77.4 cm³/mol. The zero-order valence-corrected chi connectivity index (χ0v) is 11.8. The number of hydrogen-bond donors (Lipinski definition) is 0. The lowest BCUT2D eigenvalue weighted by atomic mass is 9.80. The minimum Gasteiger partial charge on any atom is -0.294 e. The summed E-state index contributed by atoms with van der Waals surface area (Å²) >= 11 is 0. The Morgan fingerprint density at radius 1 is 1.10 bits per heavy atom. The van der Waals surface area contributed by atoms with Crippen molar-refractivity contribution in [3.05, 3.63) is 70.3 Å². The van der Waals surface area contributed by atoms with E-state index in [1.54, 1.807) is 6.92 Å². The Labute approximate surface area is 122 Å². The highest BCUT2D eigenvalue weighted by molar-refractivity contribution is 5.98. The van der Waals surface area contributed by atoms with Gasteiger partial charge in [0.2, 0.25) is 0 Å². The number of aryl methyl sites for hydroxylation is 2. The van der Waals surface area contributed by atoms with Gasteiger partial charge < -0.3 is 0 Å². The van der Waals surface area contributed by atoms with E-state index in [1.165, 1.54) is 11.6 Å². The zero-order valence-electron chi connectivity index (χ0n) is 11.8. The van der Waals surface area contributed by atoms with Crippen LogP contribution in [0.15, 0.2) is 36.4 Å². The van der Waals surface area contributed by atoms with Crippen LogP contribution < -0.4 is 0 Å². The van der Waals surface area contributed by atoms with E-state index in [4.69, 9.17) is 0 Å². The predicted octanol–water partition coefficient (Wildman–Crippen LogP) is 4.26. The molecule has 0 N–H and O–H groups in total. The fraction of sp³-hybridized carbons (Fsp3) is 0.278. The normalized spacial score (nSPS) is 17.4.